The molecule has 1 aliphatic heterocycles. The minimum Gasteiger partial charge on any atom is -0.339 e. The molecule has 0 aromatic carbocycles. The summed E-state index contributed by atoms with van der Waals surface area (Å²) in [6.07, 6.45) is 8.94. The molecule has 2 amide bonds. The molecule has 0 bridgehead atoms. The van der Waals surface area contributed by atoms with Crippen molar-refractivity contribution in [3.63, 3.8) is 0 Å². The van der Waals surface area contributed by atoms with Gasteiger partial charge in [0.05, 0.1) is 11.8 Å². The summed E-state index contributed by atoms with van der Waals surface area (Å²) in [6.45, 7) is 0.277. The van der Waals surface area contributed by atoms with Gasteiger partial charge in [0.2, 0.25) is 23.5 Å². The van der Waals surface area contributed by atoms with Crippen LogP contribution in [0.4, 0.5) is 0 Å². The molecule has 1 fully saturated rings. The van der Waals surface area contributed by atoms with Crippen molar-refractivity contribution >= 4 is 11.8 Å². The first-order chi connectivity index (χ1) is 11.7. The Balaban J connectivity index is 1.43. The predicted octanol–water partition coefficient (Wildman–Crippen LogP) is 1.63. The van der Waals surface area contributed by atoms with E-state index in [1.54, 1.807) is 18.5 Å². The summed E-state index contributed by atoms with van der Waals surface area (Å²) in [4.78, 5) is 34.5. The molecule has 122 valence electrons. The van der Waals surface area contributed by atoms with Crippen LogP contribution >= 0.6 is 0 Å². The van der Waals surface area contributed by atoms with Gasteiger partial charge in [0.25, 0.3) is 0 Å². The number of rotatable bonds is 4. The maximum atomic E-state index is 12.4. The summed E-state index contributed by atoms with van der Waals surface area (Å²) >= 11 is 0. The highest BCUT2D eigenvalue weighted by Gasteiger charge is 2.46. The number of amides is 2. The van der Waals surface area contributed by atoms with Gasteiger partial charge in [-0.1, -0.05) is 17.3 Å². The number of imide groups is 1. The minimum atomic E-state index is -0.198. The van der Waals surface area contributed by atoms with E-state index in [4.69, 9.17) is 4.52 Å². The van der Waals surface area contributed by atoms with Gasteiger partial charge < -0.3 is 4.52 Å². The summed E-state index contributed by atoms with van der Waals surface area (Å²) in [6, 6.07) is 3.63. The van der Waals surface area contributed by atoms with Crippen LogP contribution in [0.1, 0.15) is 18.7 Å². The smallest absolute Gasteiger partial charge is 0.233 e. The van der Waals surface area contributed by atoms with E-state index in [2.05, 4.69) is 15.1 Å². The van der Waals surface area contributed by atoms with E-state index in [0.29, 0.717) is 31.0 Å². The summed E-state index contributed by atoms with van der Waals surface area (Å²) in [5.74, 6) is 0.299. The number of fused-ring (bicyclic) bond motifs is 1. The first-order valence-electron chi connectivity index (χ1n) is 7.97. The second-order valence-electron chi connectivity index (χ2n) is 5.99. The Kier molecular flexibility index (Phi) is 3.68. The fourth-order valence-corrected chi connectivity index (χ4v) is 3.27. The monoisotopic (exact) mass is 324 g/mol. The van der Waals surface area contributed by atoms with Crippen LogP contribution in [0, 0.1) is 11.8 Å². The number of pyridine rings is 1. The van der Waals surface area contributed by atoms with Crippen LogP contribution in [0.15, 0.2) is 41.2 Å². The van der Waals surface area contributed by atoms with Gasteiger partial charge in [-0.2, -0.15) is 4.98 Å². The molecule has 1 aliphatic carbocycles. The van der Waals surface area contributed by atoms with E-state index >= 15 is 0 Å². The van der Waals surface area contributed by atoms with Gasteiger partial charge in [-0.3, -0.25) is 19.5 Å². The van der Waals surface area contributed by atoms with Crippen molar-refractivity contribution in [2.24, 2.45) is 11.8 Å². The minimum absolute atomic E-state index is 0.0821. The zero-order valence-electron chi connectivity index (χ0n) is 13.0. The van der Waals surface area contributed by atoms with Gasteiger partial charge in [-0.15, -0.1) is 0 Å². The lowest BCUT2D eigenvalue weighted by Crippen LogP contribution is -2.33. The number of aromatic nitrogens is 3. The Morgan fingerprint density at radius 3 is 2.58 bits per heavy atom. The molecule has 0 saturated carbocycles. The number of hydrogen-bond acceptors (Lipinski definition) is 6. The fraction of sp³-hybridized carbons (Fsp3) is 0.353. The number of carbonyl (C=O) groups excluding carboxylic acids is 2. The normalized spacial score (nSPS) is 22.9. The van der Waals surface area contributed by atoms with Crippen molar-refractivity contribution in [1.82, 2.24) is 20.0 Å². The molecule has 7 heteroatoms. The van der Waals surface area contributed by atoms with E-state index in [-0.39, 0.29) is 30.2 Å². The van der Waals surface area contributed by atoms with Crippen molar-refractivity contribution in [2.75, 3.05) is 6.54 Å². The quantitative estimate of drug-likeness (QED) is 0.627. The van der Waals surface area contributed by atoms with Crippen molar-refractivity contribution < 1.29 is 14.1 Å². The second kappa shape index (κ2) is 5.99. The molecular weight excluding hydrogens is 308 g/mol. The third kappa shape index (κ3) is 2.51. The van der Waals surface area contributed by atoms with Gasteiger partial charge in [-0.05, 0) is 25.0 Å². The largest absolute Gasteiger partial charge is 0.339 e. The van der Waals surface area contributed by atoms with Crippen LogP contribution in [0.2, 0.25) is 0 Å². The Morgan fingerprint density at radius 2 is 1.92 bits per heavy atom. The highest BCUT2D eigenvalue weighted by atomic mass is 16.5. The molecule has 2 aliphatic rings. The van der Waals surface area contributed by atoms with Gasteiger partial charge >= 0.3 is 0 Å². The van der Waals surface area contributed by atoms with Crippen LogP contribution in [-0.2, 0) is 16.0 Å². The number of hydrogen-bond donors (Lipinski definition) is 0. The maximum Gasteiger partial charge on any atom is 0.233 e. The van der Waals surface area contributed by atoms with Crippen molar-refractivity contribution in [3.8, 4) is 11.4 Å². The molecule has 2 aromatic heterocycles. The lowest BCUT2D eigenvalue weighted by Gasteiger charge is -2.14. The van der Waals surface area contributed by atoms with Crippen molar-refractivity contribution in [3.05, 3.63) is 42.6 Å². The molecule has 2 atom stereocenters. The predicted molar refractivity (Wildman–Crippen MR) is 83.3 cm³/mol. The maximum absolute atomic E-state index is 12.4. The first kappa shape index (κ1) is 14.7. The molecule has 0 N–H and O–H groups in total. The van der Waals surface area contributed by atoms with E-state index < -0.39 is 0 Å². The molecule has 0 radical (unpaired) electrons. The molecule has 2 aromatic rings. The average Bonchev–Trinajstić information content (AvgIpc) is 3.19. The molecule has 24 heavy (non-hydrogen) atoms. The van der Waals surface area contributed by atoms with Crippen molar-refractivity contribution in [2.45, 2.75) is 19.3 Å². The van der Waals surface area contributed by atoms with Crippen LogP contribution in [0.5, 0.6) is 0 Å². The average molecular weight is 324 g/mol. The summed E-state index contributed by atoms with van der Waals surface area (Å²) in [7, 11) is 0. The van der Waals surface area contributed by atoms with E-state index in [1.807, 2.05) is 18.2 Å². The molecule has 0 unspecified atom stereocenters. The van der Waals surface area contributed by atoms with E-state index in [1.165, 1.54) is 4.90 Å². The molecule has 0 spiro atoms. The number of carbonyl (C=O) groups is 2. The topological polar surface area (TPSA) is 89.2 Å². The SMILES string of the molecule is O=C1[C@@H]2CC=CC[C@H]2C(=O)N1CCc1nc(-c2cccnc2)no1. The highest BCUT2D eigenvalue weighted by Crippen LogP contribution is 2.35. The van der Waals surface area contributed by atoms with Crippen LogP contribution in [-0.4, -0.2) is 38.4 Å². The number of likely N-dealkylation sites (tertiary alicyclic amines) is 1. The lowest BCUT2D eigenvalue weighted by atomic mass is 9.85. The Bertz CT molecular complexity index is 773. The van der Waals surface area contributed by atoms with E-state index in [9.17, 15) is 9.59 Å². The van der Waals surface area contributed by atoms with E-state index in [0.717, 1.165) is 5.56 Å². The zero-order valence-corrected chi connectivity index (χ0v) is 13.0. The van der Waals surface area contributed by atoms with Crippen LogP contribution in [0.3, 0.4) is 0 Å². The second-order valence-corrected chi connectivity index (χ2v) is 5.99. The van der Waals surface area contributed by atoms with Crippen LogP contribution < -0.4 is 0 Å². The lowest BCUT2D eigenvalue weighted by molar-refractivity contribution is -0.139. The first-order valence-corrected chi connectivity index (χ1v) is 7.97. The Labute approximate surface area is 138 Å². The Hall–Kier alpha value is -2.83. The van der Waals surface area contributed by atoms with Gasteiger partial charge in [-0.25, -0.2) is 0 Å². The third-order valence-electron chi connectivity index (χ3n) is 4.54. The van der Waals surface area contributed by atoms with Crippen LogP contribution in [0.25, 0.3) is 11.4 Å². The van der Waals surface area contributed by atoms with Crippen molar-refractivity contribution in [1.29, 1.82) is 0 Å². The molecular formula is C17H16N4O3. The zero-order chi connectivity index (χ0) is 16.5. The number of nitrogens with zero attached hydrogens (tertiary/aromatic N) is 4. The molecule has 3 heterocycles. The summed E-state index contributed by atoms with van der Waals surface area (Å²) in [5.41, 5.74) is 0.762. The fourth-order valence-electron chi connectivity index (χ4n) is 3.27. The van der Waals surface area contributed by atoms with Gasteiger partial charge in [0.1, 0.15) is 0 Å². The standard InChI is InChI=1S/C17H16N4O3/c22-16-12-5-1-2-6-13(12)17(23)21(16)9-7-14-19-15(20-24-14)11-4-3-8-18-10-11/h1-4,8,10,12-13H,5-7,9H2/t12-,13-/m1/s1. The molecule has 7 nitrogen and oxygen atoms in total. The Morgan fingerprint density at radius 1 is 1.17 bits per heavy atom. The summed E-state index contributed by atoms with van der Waals surface area (Å²) in [5, 5.41) is 3.92. The van der Waals surface area contributed by atoms with Gasteiger partial charge in [0.15, 0.2) is 0 Å². The number of allylic oxidation sites excluding steroid dienone is 2. The molecule has 4 rings (SSSR count). The highest BCUT2D eigenvalue weighted by molar-refractivity contribution is 6.05. The van der Waals surface area contributed by atoms with Gasteiger partial charge in [0, 0.05) is 30.9 Å². The third-order valence-corrected chi connectivity index (χ3v) is 4.54. The molecule has 1 saturated heterocycles. The summed E-state index contributed by atoms with van der Waals surface area (Å²) < 4.78 is 5.22.